The van der Waals surface area contributed by atoms with Crippen LogP contribution >= 0.6 is 0 Å². The van der Waals surface area contributed by atoms with Crippen LogP contribution in [0.15, 0.2) is 18.2 Å². The van der Waals surface area contributed by atoms with Gasteiger partial charge in [0.25, 0.3) is 0 Å². The Morgan fingerprint density at radius 2 is 1.88 bits per heavy atom. The van der Waals surface area contributed by atoms with Gasteiger partial charge in [0.2, 0.25) is 0 Å². The molecule has 1 heteroatoms. The monoisotopic (exact) mass is 217 g/mol. The van der Waals surface area contributed by atoms with Crippen molar-refractivity contribution in [2.75, 3.05) is 5.32 Å². The minimum absolute atomic E-state index is 0.702. The molecule has 0 saturated heterocycles. The predicted molar refractivity (Wildman–Crippen MR) is 70.9 cm³/mol. The van der Waals surface area contributed by atoms with Crippen LogP contribution in [0.5, 0.6) is 0 Å². The van der Waals surface area contributed by atoms with Crippen molar-refractivity contribution in [1.82, 2.24) is 0 Å². The Morgan fingerprint density at radius 1 is 1.19 bits per heavy atom. The highest BCUT2D eigenvalue weighted by Crippen LogP contribution is 2.36. The van der Waals surface area contributed by atoms with Crippen LogP contribution in [0.25, 0.3) is 0 Å². The first kappa shape index (κ1) is 11.5. The van der Waals surface area contributed by atoms with Crippen molar-refractivity contribution in [3.8, 4) is 0 Å². The summed E-state index contributed by atoms with van der Waals surface area (Å²) < 4.78 is 0. The highest BCUT2D eigenvalue weighted by atomic mass is 14.9. The van der Waals surface area contributed by atoms with E-state index in [9.17, 15) is 0 Å². The molecule has 0 amide bonds. The standard InChI is InChI=1S/C15H23N/c1-10(2)13-8-14(9-13)16-15-7-5-6-11(3)12(15)4/h5-7,10,13-14,16H,8-9H2,1-4H3. The lowest BCUT2D eigenvalue weighted by Crippen LogP contribution is -2.38. The van der Waals surface area contributed by atoms with Gasteiger partial charge in [0, 0.05) is 11.7 Å². The fourth-order valence-electron chi connectivity index (χ4n) is 2.45. The van der Waals surface area contributed by atoms with Crippen molar-refractivity contribution in [1.29, 1.82) is 0 Å². The Hall–Kier alpha value is -0.980. The summed E-state index contributed by atoms with van der Waals surface area (Å²) in [5.74, 6) is 1.78. The zero-order valence-corrected chi connectivity index (χ0v) is 10.9. The molecule has 2 rings (SSSR count). The molecule has 1 aromatic carbocycles. The Balaban J connectivity index is 1.94. The van der Waals surface area contributed by atoms with E-state index in [1.54, 1.807) is 0 Å². The van der Waals surface area contributed by atoms with Gasteiger partial charge < -0.3 is 5.32 Å². The molecule has 0 atom stereocenters. The molecule has 1 fully saturated rings. The van der Waals surface area contributed by atoms with Gasteiger partial charge >= 0.3 is 0 Å². The maximum atomic E-state index is 3.67. The first-order chi connectivity index (χ1) is 7.58. The number of aryl methyl sites for hydroxylation is 1. The van der Waals surface area contributed by atoms with Gasteiger partial charge in [-0.1, -0.05) is 26.0 Å². The van der Waals surface area contributed by atoms with E-state index in [0.29, 0.717) is 6.04 Å². The molecule has 88 valence electrons. The fraction of sp³-hybridized carbons (Fsp3) is 0.600. The van der Waals surface area contributed by atoms with E-state index in [1.807, 2.05) is 0 Å². The average molecular weight is 217 g/mol. The number of hydrogen-bond donors (Lipinski definition) is 1. The van der Waals surface area contributed by atoms with Crippen LogP contribution in [0.2, 0.25) is 0 Å². The second kappa shape index (κ2) is 4.48. The second-order valence-corrected chi connectivity index (χ2v) is 5.56. The molecule has 16 heavy (non-hydrogen) atoms. The van der Waals surface area contributed by atoms with Crippen LogP contribution in [-0.4, -0.2) is 6.04 Å². The molecule has 1 aliphatic rings. The third-order valence-corrected chi connectivity index (χ3v) is 4.08. The summed E-state index contributed by atoms with van der Waals surface area (Å²) in [6.07, 6.45) is 2.68. The van der Waals surface area contributed by atoms with E-state index in [1.165, 1.54) is 29.7 Å². The van der Waals surface area contributed by atoms with Gasteiger partial charge in [0.15, 0.2) is 0 Å². The summed E-state index contributed by atoms with van der Waals surface area (Å²) in [4.78, 5) is 0. The summed E-state index contributed by atoms with van der Waals surface area (Å²) in [6, 6.07) is 7.22. The van der Waals surface area contributed by atoms with Crippen molar-refractivity contribution < 1.29 is 0 Å². The minimum atomic E-state index is 0.702. The lowest BCUT2D eigenvalue weighted by Gasteiger charge is -2.39. The third kappa shape index (κ3) is 2.23. The van der Waals surface area contributed by atoms with Crippen molar-refractivity contribution in [2.24, 2.45) is 11.8 Å². The van der Waals surface area contributed by atoms with E-state index in [4.69, 9.17) is 0 Å². The lowest BCUT2D eigenvalue weighted by molar-refractivity contribution is 0.212. The van der Waals surface area contributed by atoms with E-state index < -0.39 is 0 Å². The average Bonchev–Trinajstić information content (AvgIpc) is 2.16. The summed E-state index contributed by atoms with van der Waals surface area (Å²) in [6.45, 7) is 9.05. The largest absolute Gasteiger partial charge is 0.382 e. The molecule has 0 aromatic heterocycles. The van der Waals surface area contributed by atoms with Gasteiger partial charge in [-0.3, -0.25) is 0 Å². The van der Waals surface area contributed by atoms with Crippen molar-refractivity contribution in [3.05, 3.63) is 29.3 Å². The van der Waals surface area contributed by atoms with Crippen LogP contribution in [0.4, 0.5) is 5.69 Å². The Labute approximate surface area is 99.3 Å². The van der Waals surface area contributed by atoms with E-state index in [0.717, 1.165) is 11.8 Å². The van der Waals surface area contributed by atoms with Gasteiger partial charge in [-0.15, -0.1) is 0 Å². The molecule has 1 aromatic rings. The Bertz CT molecular complexity index is 362. The van der Waals surface area contributed by atoms with Crippen LogP contribution in [0.3, 0.4) is 0 Å². The first-order valence-corrected chi connectivity index (χ1v) is 6.40. The second-order valence-electron chi connectivity index (χ2n) is 5.56. The normalized spacial score (nSPS) is 24.3. The molecule has 1 N–H and O–H groups in total. The Kier molecular flexibility index (Phi) is 3.22. The molecule has 0 aliphatic heterocycles. The number of rotatable bonds is 3. The van der Waals surface area contributed by atoms with Crippen molar-refractivity contribution in [2.45, 2.75) is 46.6 Å². The number of nitrogens with one attached hydrogen (secondary N) is 1. The van der Waals surface area contributed by atoms with Crippen LogP contribution in [0, 0.1) is 25.7 Å². The van der Waals surface area contributed by atoms with Gasteiger partial charge in [-0.05, 0) is 55.7 Å². The highest BCUT2D eigenvalue weighted by molar-refractivity contribution is 5.54. The maximum Gasteiger partial charge on any atom is 0.0374 e. The maximum absolute atomic E-state index is 3.67. The molecule has 1 nitrogen and oxygen atoms in total. The molecular formula is C15H23N. The summed E-state index contributed by atoms with van der Waals surface area (Å²) in [5.41, 5.74) is 4.10. The molecule has 1 saturated carbocycles. The molecule has 0 heterocycles. The molecule has 0 spiro atoms. The minimum Gasteiger partial charge on any atom is -0.382 e. The highest BCUT2D eigenvalue weighted by Gasteiger charge is 2.31. The third-order valence-electron chi connectivity index (χ3n) is 4.08. The van der Waals surface area contributed by atoms with Gasteiger partial charge in [-0.25, -0.2) is 0 Å². The van der Waals surface area contributed by atoms with Crippen molar-refractivity contribution in [3.63, 3.8) is 0 Å². The predicted octanol–water partition coefficient (Wildman–Crippen LogP) is 4.15. The summed E-state index contributed by atoms with van der Waals surface area (Å²) in [5, 5.41) is 3.67. The quantitative estimate of drug-likeness (QED) is 0.802. The van der Waals surface area contributed by atoms with Crippen molar-refractivity contribution >= 4 is 5.69 Å². The molecule has 0 radical (unpaired) electrons. The number of anilines is 1. The van der Waals surface area contributed by atoms with E-state index in [-0.39, 0.29) is 0 Å². The number of benzene rings is 1. The summed E-state index contributed by atoms with van der Waals surface area (Å²) >= 11 is 0. The van der Waals surface area contributed by atoms with Gasteiger partial charge in [-0.2, -0.15) is 0 Å². The van der Waals surface area contributed by atoms with Gasteiger partial charge in [0.1, 0.15) is 0 Å². The SMILES string of the molecule is Cc1cccc(NC2CC(C(C)C)C2)c1C. The lowest BCUT2D eigenvalue weighted by atomic mass is 9.73. The topological polar surface area (TPSA) is 12.0 Å². The van der Waals surface area contributed by atoms with Crippen LogP contribution in [0.1, 0.15) is 37.8 Å². The first-order valence-electron chi connectivity index (χ1n) is 6.40. The smallest absolute Gasteiger partial charge is 0.0374 e. The zero-order chi connectivity index (χ0) is 11.7. The molecule has 0 bridgehead atoms. The summed E-state index contributed by atoms with van der Waals surface area (Å²) in [7, 11) is 0. The van der Waals surface area contributed by atoms with Crippen LogP contribution < -0.4 is 5.32 Å². The molecule has 0 unspecified atom stereocenters. The Morgan fingerprint density at radius 3 is 2.50 bits per heavy atom. The number of hydrogen-bond acceptors (Lipinski definition) is 1. The van der Waals surface area contributed by atoms with Crippen LogP contribution in [-0.2, 0) is 0 Å². The zero-order valence-electron chi connectivity index (χ0n) is 10.9. The molecular weight excluding hydrogens is 194 g/mol. The van der Waals surface area contributed by atoms with E-state index >= 15 is 0 Å². The molecule has 1 aliphatic carbocycles. The van der Waals surface area contributed by atoms with E-state index in [2.05, 4.69) is 51.2 Å². The van der Waals surface area contributed by atoms with Gasteiger partial charge in [0.05, 0.1) is 0 Å². The fourth-order valence-corrected chi connectivity index (χ4v) is 2.45.